The molecule has 2 rings (SSSR count). The number of nitrogen functional groups attached to an aromatic ring is 1. The van der Waals surface area contributed by atoms with E-state index in [1.54, 1.807) is 0 Å². The van der Waals surface area contributed by atoms with Crippen LogP contribution in [0.2, 0.25) is 5.02 Å². The molecule has 1 fully saturated rings. The fraction of sp³-hybridized carbons (Fsp3) is 0.571. The summed E-state index contributed by atoms with van der Waals surface area (Å²) in [5.74, 6) is 0. The third-order valence-electron chi connectivity index (χ3n) is 3.38. The van der Waals surface area contributed by atoms with E-state index < -0.39 is 0 Å². The van der Waals surface area contributed by atoms with Gasteiger partial charge in [0.25, 0.3) is 0 Å². The Hall–Kier alpha value is -0.730. The first-order chi connectivity index (χ1) is 8.25. The summed E-state index contributed by atoms with van der Waals surface area (Å²) in [6, 6.07) is 5.55. The summed E-state index contributed by atoms with van der Waals surface area (Å²) in [7, 11) is 0. The molecule has 2 nitrogen and oxygen atoms in total. The van der Waals surface area contributed by atoms with Gasteiger partial charge < -0.3 is 10.5 Å². The number of ether oxygens (including phenoxy) is 1. The smallest absolute Gasteiger partial charge is 0.0741 e. The molecule has 1 saturated carbocycles. The van der Waals surface area contributed by atoms with Crippen molar-refractivity contribution in [2.45, 2.75) is 51.2 Å². The first-order valence-electron chi connectivity index (χ1n) is 6.41. The number of hydrogen-bond donors (Lipinski definition) is 1. The van der Waals surface area contributed by atoms with Gasteiger partial charge in [0.15, 0.2) is 0 Å². The summed E-state index contributed by atoms with van der Waals surface area (Å²) in [6.45, 7) is 0.580. The molecule has 1 aromatic carbocycles. The van der Waals surface area contributed by atoms with Crippen molar-refractivity contribution in [1.29, 1.82) is 0 Å². The third kappa shape index (κ3) is 3.90. The van der Waals surface area contributed by atoms with E-state index in [4.69, 9.17) is 22.1 Å². The van der Waals surface area contributed by atoms with Gasteiger partial charge in [0.1, 0.15) is 0 Å². The second-order valence-electron chi connectivity index (χ2n) is 4.77. The predicted octanol–water partition coefficient (Wildman–Crippen LogP) is 4.16. The average Bonchev–Trinajstić information content (AvgIpc) is 2.59. The highest BCUT2D eigenvalue weighted by molar-refractivity contribution is 6.30. The quantitative estimate of drug-likeness (QED) is 0.648. The Balaban J connectivity index is 1.89. The molecule has 1 aromatic rings. The number of benzene rings is 1. The van der Waals surface area contributed by atoms with E-state index in [-0.39, 0.29) is 0 Å². The van der Waals surface area contributed by atoms with E-state index in [2.05, 4.69) is 0 Å². The fourth-order valence-corrected chi connectivity index (χ4v) is 2.51. The Morgan fingerprint density at radius 1 is 1.18 bits per heavy atom. The fourth-order valence-electron chi connectivity index (χ4n) is 2.32. The van der Waals surface area contributed by atoms with Gasteiger partial charge in [-0.15, -0.1) is 0 Å². The van der Waals surface area contributed by atoms with Gasteiger partial charge in [-0.05, 0) is 31.0 Å². The van der Waals surface area contributed by atoms with Gasteiger partial charge in [-0.3, -0.25) is 0 Å². The topological polar surface area (TPSA) is 35.2 Å². The lowest BCUT2D eigenvalue weighted by atomic mass is 10.1. The van der Waals surface area contributed by atoms with Crippen molar-refractivity contribution in [1.82, 2.24) is 0 Å². The second-order valence-corrected chi connectivity index (χ2v) is 5.20. The summed E-state index contributed by atoms with van der Waals surface area (Å²) in [4.78, 5) is 0. The molecule has 0 amide bonds. The normalized spacial score (nSPS) is 17.9. The zero-order chi connectivity index (χ0) is 12.1. The summed E-state index contributed by atoms with van der Waals surface area (Å²) in [6.07, 6.45) is 8.03. The molecular formula is C14H20ClNO. The maximum absolute atomic E-state index is 5.95. The molecule has 1 aliphatic carbocycles. The molecule has 0 radical (unpaired) electrons. The number of halogens is 1. The van der Waals surface area contributed by atoms with Crippen molar-refractivity contribution in [3.05, 3.63) is 28.8 Å². The minimum atomic E-state index is 0.399. The van der Waals surface area contributed by atoms with Gasteiger partial charge in [-0.1, -0.05) is 37.3 Å². The van der Waals surface area contributed by atoms with E-state index in [9.17, 15) is 0 Å². The summed E-state index contributed by atoms with van der Waals surface area (Å²) in [5, 5.41) is 0.721. The maximum atomic E-state index is 5.95. The minimum absolute atomic E-state index is 0.399. The van der Waals surface area contributed by atoms with Crippen molar-refractivity contribution in [2.75, 3.05) is 5.73 Å². The van der Waals surface area contributed by atoms with E-state index in [1.165, 1.54) is 38.5 Å². The van der Waals surface area contributed by atoms with Crippen molar-refractivity contribution in [3.63, 3.8) is 0 Å². The summed E-state index contributed by atoms with van der Waals surface area (Å²) in [5.41, 5.74) is 7.67. The average molecular weight is 254 g/mol. The van der Waals surface area contributed by atoms with Crippen molar-refractivity contribution >= 4 is 17.3 Å². The van der Waals surface area contributed by atoms with E-state index in [0.29, 0.717) is 12.7 Å². The highest BCUT2D eigenvalue weighted by Crippen LogP contribution is 2.23. The zero-order valence-electron chi connectivity index (χ0n) is 10.1. The Bertz CT molecular complexity index is 359. The van der Waals surface area contributed by atoms with E-state index in [0.717, 1.165) is 16.3 Å². The van der Waals surface area contributed by atoms with E-state index in [1.807, 2.05) is 18.2 Å². The highest BCUT2D eigenvalue weighted by Gasteiger charge is 2.13. The number of hydrogen-bond acceptors (Lipinski definition) is 2. The number of anilines is 1. The van der Waals surface area contributed by atoms with Crippen LogP contribution in [0.1, 0.15) is 44.1 Å². The molecule has 17 heavy (non-hydrogen) atoms. The molecule has 0 saturated heterocycles. The predicted molar refractivity (Wildman–Crippen MR) is 72.1 cm³/mol. The van der Waals surface area contributed by atoms with Crippen LogP contribution in [-0.4, -0.2) is 6.10 Å². The van der Waals surface area contributed by atoms with Crippen molar-refractivity contribution < 1.29 is 4.74 Å². The molecule has 0 atom stereocenters. The van der Waals surface area contributed by atoms with Gasteiger partial charge in [0, 0.05) is 16.3 Å². The first kappa shape index (κ1) is 12.7. The first-order valence-corrected chi connectivity index (χ1v) is 6.79. The van der Waals surface area contributed by atoms with E-state index >= 15 is 0 Å². The van der Waals surface area contributed by atoms with Crippen LogP contribution in [-0.2, 0) is 11.3 Å². The molecule has 0 heterocycles. The standard InChI is InChI=1S/C14H20ClNO/c15-12-7-8-14(16)11(9-12)10-17-13-5-3-1-2-4-6-13/h7-9,13H,1-6,10,16H2. The van der Waals surface area contributed by atoms with Crippen LogP contribution >= 0.6 is 11.6 Å². The maximum Gasteiger partial charge on any atom is 0.0741 e. The molecule has 0 aromatic heterocycles. The molecular weight excluding hydrogens is 234 g/mol. The van der Waals surface area contributed by atoms with Crippen LogP contribution < -0.4 is 5.73 Å². The van der Waals surface area contributed by atoms with Crippen LogP contribution in [0, 0.1) is 0 Å². The number of nitrogens with two attached hydrogens (primary N) is 1. The van der Waals surface area contributed by atoms with Crippen molar-refractivity contribution in [2.24, 2.45) is 0 Å². The van der Waals surface area contributed by atoms with Gasteiger partial charge in [-0.25, -0.2) is 0 Å². The van der Waals surface area contributed by atoms with Gasteiger partial charge in [0.2, 0.25) is 0 Å². The van der Waals surface area contributed by atoms with Gasteiger partial charge >= 0.3 is 0 Å². The van der Waals surface area contributed by atoms with Gasteiger partial charge in [0.05, 0.1) is 12.7 Å². The molecule has 2 N–H and O–H groups in total. The monoisotopic (exact) mass is 253 g/mol. The lowest BCUT2D eigenvalue weighted by Crippen LogP contribution is -2.12. The van der Waals surface area contributed by atoms with Gasteiger partial charge in [-0.2, -0.15) is 0 Å². The molecule has 0 unspecified atom stereocenters. The molecule has 0 aliphatic heterocycles. The largest absolute Gasteiger partial charge is 0.398 e. The van der Waals surface area contributed by atoms with Crippen LogP contribution in [0.3, 0.4) is 0 Å². The molecule has 1 aliphatic rings. The Labute approximate surface area is 108 Å². The molecule has 0 spiro atoms. The molecule has 3 heteroatoms. The van der Waals surface area contributed by atoms with Crippen LogP contribution in [0.15, 0.2) is 18.2 Å². The minimum Gasteiger partial charge on any atom is -0.398 e. The second kappa shape index (κ2) is 6.27. The summed E-state index contributed by atoms with van der Waals surface area (Å²) < 4.78 is 5.95. The Morgan fingerprint density at radius 2 is 1.88 bits per heavy atom. The lowest BCUT2D eigenvalue weighted by molar-refractivity contribution is 0.0313. The van der Waals surface area contributed by atoms with Crippen LogP contribution in [0.4, 0.5) is 5.69 Å². The zero-order valence-corrected chi connectivity index (χ0v) is 10.9. The lowest BCUT2D eigenvalue weighted by Gasteiger charge is -2.16. The molecule has 0 bridgehead atoms. The summed E-state index contributed by atoms with van der Waals surface area (Å²) >= 11 is 5.95. The SMILES string of the molecule is Nc1ccc(Cl)cc1COC1CCCCCC1. The Kier molecular flexibility index (Phi) is 4.69. The van der Waals surface area contributed by atoms with Crippen LogP contribution in [0.25, 0.3) is 0 Å². The Morgan fingerprint density at radius 3 is 2.59 bits per heavy atom. The number of rotatable bonds is 3. The third-order valence-corrected chi connectivity index (χ3v) is 3.62. The van der Waals surface area contributed by atoms with Crippen molar-refractivity contribution in [3.8, 4) is 0 Å². The molecule has 94 valence electrons. The highest BCUT2D eigenvalue weighted by atomic mass is 35.5. The van der Waals surface area contributed by atoms with Crippen LogP contribution in [0.5, 0.6) is 0 Å².